The highest BCUT2D eigenvalue weighted by Crippen LogP contribution is 2.24. The van der Waals surface area contributed by atoms with E-state index in [1.807, 2.05) is 58.0 Å². The van der Waals surface area contributed by atoms with Gasteiger partial charge in [-0.25, -0.2) is 8.42 Å². The van der Waals surface area contributed by atoms with E-state index in [1.54, 1.807) is 24.3 Å². The Morgan fingerprint density at radius 3 is 2.22 bits per heavy atom. The summed E-state index contributed by atoms with van der Waals surface area (Å²) in [6.45, 7) is 7.66. The van der Waals surface area contributed by atoms with Crippen LogP contribution in [-0.4, -0.2) is 20.4 Å². The van der Waals surface area contributed by atoms with Crippen molar-refractivity contribution in [1.29, 1.82) is 0 Å². The average Bonchev–Trinajstić information content (AvgIpc) is 2.76. The van der Waals surface area contributed by atoms with Crippen LogP contribution in [0.2, 0.25) is 0 Å². The molecule has 0 heterocycles. The first-order valence-corrected chi connectivity index (χ1v) is 11.9. The fraction of sp³-hybridized carbons (Fsp3) is 0.240. The number of para-hydroxylation sites is 1. The van der Waals surface area contributed by atoms with Crippen molar-refractivity contribution in [2.24, 2.45) is 0 Å². The Labute approximate surface area is 189 Å². The van der Waals surface area contributed by atoms with E-state index in [-0.39, 0.29) is 10.8 Å². The van der Waals surface area contributed by atoms with Crippen LogP contribution in [-0.2, 0) is 14.8 Å². The van der Waals surface area contributed by atoms with Crippen LogP contribution in [0.5, 0.6) is 5.75 Å². The van der Waals surface area contributed by atoms with Crippen molar-refractivity contribution >= 4 is 27.3 Å². The van der Waals surface area contributed by atoms with Gasteiger partial charge in [-0.3, -0.25) is 9.52 Å². The van der Waals surface area contributed by atoms with Crippen LogP contribution < -0.4 is 14.8 Å². The number of ether oxygens (including phenoxy) is 1. The number of aryl methyl sites for hydroxylation is 2. The van der Waals surface area contributed by atoms with Gasteiger partial charge in [-0.2, -0.15) is 0 Å². The van der Waals surface area contributed by atoms with Gasteiger partial charge >= 0.3 is 0 Å². The van der Waals surface area contributed by atoms with Crippen LogP contribution in [0.1, 0.15) is 30.0 Å². The quantitative estimate of drug-likeness (QED) is 0.491. The Bertz CT molecular complexity index is 1200. The lowest BCUT2D eigenvalue weighted by Gasteiger charge is -2.19. The summed E-state index contributed by atoms with van der Waals surface area (Å²) in [5.74, 6) is 0.387. The topological polar surface area (TPSA) is 84.5 Å². The molecule has 168 valence electrons. The summed E-state index contributed by atoms with van der Waals surface area (Å²) in [5, 5.41) is 2.81. The number of carbonyl (C=O) groups excluding carboxylic acids is 1. The van der Waals surface area contributed by atoms with Gasteiger partial charge < -0.3 is 10.1 Å². The molecule has 0 radical (unpaired) electrons. The molecule has 1 atom stereocenters. The van der Waals surface area contributed by atoms with Crippen LogP contribution in [0.3, 0.4) is 0 Å². The van der Waals surface area contributed by atoms with E-state index in [2.05, 4.69) is 10.0 Å². The van der Waals surface area contributed by atoms with Gasteiger partial charge in [0.15, 0.2) is 6.10 Å². The Balaban J connectivity index is 1.69. The predicted octanol–water partition coefficient (Wildman–Crippen LogP) is 5.21. The minimum absolute atomic E-state index is 0.109. The number of hydrogen-bond donors (Lipinski definition) is 2. The summed E-state index contributed by atoms with van der Waals surface area (Å²) in [6.07, 6.45) is -0.173. The van der Waals surface area contributed by atoms with Crippen molar-refractivity contribution in [3.63, 3.8) is 0 Å². The highest BCUT2D eigenvalue weighted by Gasteiger charge is 2.20. The summed E-state index contributed by atoms with van der Waals surface area (Å²) in [4.78, 5) is 12.8. The van der Waals surface area contributed by atoms with Gasteiger partial charge in [-0.15, -0.1) is 0 Å². The molecule has 7 heteroatoms. The second kappa shape index (κ2) is 9.87. The fourth-order valence-electron chi connectivity index (χ4n) is 3.16. The monoisotopic (exact) mass is 452 g/mol. The smallest absolute Gasteiger partial charge is 0.265 e. The van der Waals surface area contributed by atoms with E-state index < -0.39 is 16.1 Å². The third-order valence-corrected chi connectivity index (χ3v) is 6.69. The van der Waals surface area contributed by atoms with E-state index in [0.717, 1.165) is 16.7 Å². The van der Waals surface area contributed by atoms with E-state index in [0.29, 0.717) is 23.5 Å². The molecule has 0 aliphatic carbocycles. The lowest BCUT2D eigenvalue weighted by Crippen LogP contribution is -2.32. The summed E-state index contributed by atoms with van der Waals surface area (Å²) in [7, 11) is -3.74. The maximum Gasteiger partial charge on any atom is 0.265 e. The van der Waals surface area contributed by atoms with E-state index in [4.69, 9.17) is 4.74 Å². The molecule has 6 nitrogen and oxygen atoms in total. The number of benzene rings is 3. The van der Waals surface area contributed by atoms with Crippen LogP contribution in [0.25, 0.3) is 0 Å². The van der Waals surface area contributed by atoms with Gasteiger partial charge in [-0.1, -0.05) is 37.3 Å². The van der Waals surface area contributed by atoms with E-state index in [1.165, 1.54) is 12.1 Å². The Kier molecular flexibility index (Phi) is 7.20. The van der Waals surface area contributed by atoms with Crippen molar-refractivity contribution in [2.45, 2.75) is 45.1 Å². The van der Waals surface area contributed by atoms with Crippen molar-refractivity contribution < 1.29 is 17.9 Å². The fourth-order valence-corrected chi connectivity index (χ4v) is 4.29. The lowest BCUT2D eigenvalue weighted by atomic mass is 10.1. The first-order valence-electron chi connectivity index (χ1n) is 10.4. The molecule has 32 heavy (non-hydrogen) atoms. The zero-order chi connectivity index (χ0) is 23.3. The molecule has 2 N–H and O–H groups in total. The molecule has 3 aromatic carbocycles. The second-order valence-corrected chi connectivity index (χ2v) is 9.33. The molecule has 0 fully saturated rings. The summed E-state index contributed by atoms with van der Waals surface area (Å²) in [5.41, 5.74) is 3.94. The minimum Gasteiger partial charge on any atom is -0.480 e. The predicted molar refractivity (Wildman–Crippen MR) is 128 cm³/mol. The number of carbonyl (C=O) groups is 1. The Morgan fingerprint density at radius 2 is 1.56 bits per heavy atom. The van der Waals surface area contributed by atoms with Gasteiger partial charge in [0.05, 0.1) is 10.6 Å². The van der Waals surface area contributed by atoms with Crippen molar-refractivity contribution in [3.8, 4) is 5.75 Å². The molecule has 3 rings (SSSR count). The number of anilines is 2. The van der Waals surface area contributed by atoms with Gasteiger partial charge in [0, 0.05) is 5.69 Å². The third-order valence-electron chi connectivity index (χ3n) is 5.31. The standard InChI is InChI=1S/C25H28N2O4S/c1-5-23(31-24-12-8-10-17(2)19(24)4)25(28)26-20-13-15-21(16-14-20)32(29,30)27-22-11-7-6-9-18(22)3/h6-16,23,27H,5H2,1-4H3,(H,26,28)/t23-/m0/s1. The van der Waals surface area contributed by atoms with Crippen LogP contribution >= 0.6 is 0 Å². The maximum absolute atomic E-state index is 12.7. The third kappa shape index (κ3) is 5.48. The molecule has 0 saturated carbocycles. The normalized spacial score (nSPS) is 12.1. The largest absolute Gasteiger partial charge is 0.480 e. The molecule has 3 aromatic rings. The maximum atomic E-state index is 12.7. The Hall–Kier alpha value is -3.32. The minimum atomic E-state index is -3.74. The van der Waals surface area contributed by atoms with Gasteiger partial charge in [0.1, 0.15) is 5.75 Å². The zero-order valence-electron chi connectivity index (χ0n) is 18.7. The summed E-state index contributed by atoms with van der Waals surface area (Å²) < 4.78 is 33.9. The SMILES string of the molecule is CC[C@H](Oc1cccc(C)c1C)C(=O)Nc1ccc(S(=O)(=O)Nc2ccccc2C)cc1. The highest BCUT2D eigenvalue weighted by molar-refractivity contribution is 7.92. The molecule has 0 aliphatic heterocycles. The number of amides is 1. The summed E-state index contributed by atoms with van der Waals surface area (Å²) >= 11 is 0. The first kappa shape index (κ1) is 23.3. The molecular formula is C25H28N2O4S. The van der Waals surface area contributed by atoms with Crippen molar-refractivity contribution in [2.75, 3.05) is 10.0 Å². The van der Waals surface area contributed by atoms with Crippen molar-refractivity contribution in [3.05, 3.63) is 83.4 Å². The van der Waals surface area contributed by atoms with Gasteiger partial charge in [-0.05, 0) is 80.3 Å². The molecule has 0 spiro atoms. The first-order chi connectivity index (χ1) is 15.2. The van der Waals surface area contributed by atoms with Crippen LogP contribution in [0.4, 0.5) is 11.4 Å². The molecule has 1 amide bonds. The van der Waals surface area contributed by atoms with Gasteiger partial charge in [0.2, 0.25) is 0 Å². The number of nitrogens with one attached hydrogen (secondary N) is 2. The van der Waals surface area contributed by atoms with Crippen molar-refractivity contribution in [1.82, 2.24) is 0 Å². The zero-order valence-corrected chi connectivity index (χ0v) is 19.5. The molecule has 0 saturated heterocycles. The molecule has 0 bridgehead atoms. The molecule has 0 unspecified atom stereocenters. The van der Waals surface area contributed by atoms with Crippen LogP contribution in [0, 0.1) is 20.8 Å². The Morgan fingerprint density at radius 1 is 0.906 bits per heavy atom. The summed E-state index contributed by atoms with van der Waals surface area (Å²) in [6, 6.07) is 18.9. The van der Waals surface area contributed by atoms with E-state index in [9.17, 15) is 13.2 Å². The molecule has 0 aliphatic rings. The van der Waals surface area contributed by atoms with Gasteiger partial charge in [0.25, 0.3) is 15.9 Å². The average molecular weight is 453 g/mol. The number of rotatable bonds is 8. The molecular weight excluding hydrogens is 424 g/mol. The second-order valence-electron chi connectivity index (χ2n) is 7.65. The highest BCUT2D eigenvalue weighted by atomic mass is 32.2. The number of sulfonamides is 1. The lowest BCUT2D eigenvalue weighted by molar-refractivity contribution is -0.122. The van der Waals surface area contributed by atoms with Crippen LogP contribution in [0.15, 0.2) is 71.6 Å². The number of hydrogen-bond acceptors (Lipinski definition) is 4. The molecule has 0 aromatic heterocycles. The van der Waals surface area contributed by atoms with E-state index >= 15 is 0 Å².